The maximum Gasteiger partial charge on any atom is 0.262 e. The van der Waals surface area contributed by atoms with Gasteiger partial charge in [-0.1, -0.05) is 0 Å². The van der Waals surface area contributed by atoms with Gasteiger partial charge in [0, 0.05) is 0 Å². The summed E-state index contributed by atoms with van der Waals surface area (Å²) in [6, 6.07) is 0. The molecule has 4 atom stereocenters. The summed E-state index contributed by atoms with van der Waals surface area (Å²) in [6.45, 7) is -0.501. The molecular weight excluding hydrogens is 334 g/mol. The summed E-state index contributed by atoms with van der Waals surface area (Å²) < 4.78 is 6.85. The van der Waals surface area contributed by atoms with Crippen LogP contribution < -0.4 is 17.0 Å². The van der Waals surface area contributed by atoms with Crippen LogP contribution in [0.4, 0.5) is 11.8 Å². The van der Waals surface area contributed by atoms with E-state index in [0.717, 1.165) is 0 Å². The molecule has 0 amide bonds. The van der Waals surface area contributed by atoms with Gasteiger partial charge in [0.2, 0.25) is 5.95 Å². The van der Waals surface area contributed by atoms with E-state index in [9.17, 15) is 20.1 Å². The predicted octanol–water partition coefficient (Wildman–Crippen LogP) is -2.56. The topological polar surface area (TPSA) is 198 Å². The molecule has 0 aliphatic carbocycles. The zero-order valence-electron chi connectivity index (χ0n) is 12.7. The number of hydrogen-bond acceptors (Lipinski definition) is 10. The quantitative estimate of drug-likeness (QED) is 0.286. The lowest BCUT2D eigenvalue weighted by molar-refractivity contribution is -0.0492. The summed E-state index contributed by atoms with van der Waals surface area (Å²) >= 11 is 0. The van der Waals surface area contributed by atoms with E-state index in [0.29, 0.717) is 0 Å². The van der Waals surface area contributed by atoms with Gasteiger partial charge in [0.05, 0.1) is 17.4 Å². The molecule has 1 aliphatic rings. The number of aromatic amines is 1. The Hall–Kier alpha value is -2.80. The van der Waals surface area contributed by atoms with Crippen LogP contribution in [-0.4, -0.2) is 64.7 Å². The molecule has 3 aromatic heterocycles. The standard InChI is InChI=1S/C13H15N7O5/c14-8-4-5-10(18-13(15)19-11(5)24)20(9(4)17-2-16-8)12-7(23)6(22)3(1-21)25-12/h2-3,6-7,12,21-23H,1H2,(H2,14,16,17)(H3,15,18,19,24)/t3-,6+,7+,12+/m0/s1. The number of anilines is 2. The summed E-state index contributed by atoms with van der Waals surface area (Å²) in [4.78, 5) is 26.8. The van der Waals surface area contributed by atoms with Crippen molar-refractivity contribution in [3.63, 3.8) is 0 Å². The van der Waals surface area contributed by atoms with Crippen LogP contribution in [0.5, 0.6) is 0 Å². The molecule has 0 aromatic carbocycles. The van der Waals surface area contributed by atoms with Gasteiger partial charge in [-0.15, -0.1) is 0 Å². The molecule has 132 valence electrons. The van der Waals surface area contributed by atoms with E-state index < -0.39 is 36.7 Å². The Morgan fingerprint density at radius 1 is 1.20 bits per heavy atom. The van der Waals surface area contributed by atoms with E-state index in [-0.39, 0.29) is 33.8 Å². The molecule has 1 aliphatic heterocycles. The Morgan fingerprint density at radius 2 is 1.96 bits per heavy atom. The molecule has 4 rings (SSSR count). The van der Waals surface area contributed by atoms with Gasteiger partial charge in [0.25, 0.3) is 5.56 Å². The second-order valence-corrected chi connectivity index (χ2v) is 5.71. The Labute approximate surface area is 138 Å². The fourth-order valence-electron chi connectivity index (χ4n) is 3.12. The van der Waals surface area contributed by atoms with Crippen LogP contribution in [0.3, 0.4) is 0 Å². The molecular formula is C13H15N7O5. The molecule has 0 radical (unpaired) electrons. The van der Waals surface area contributed by atoms with Crippen molar-refractivity contribution in [2.45, 2.75) is 24.5 Å². The van der Waals surface area contributed by atoms with Crippen LogP contribution in [0, 0.1) is 0 Å². The number of H-pyrrole nitrogens is 1. The zero-order chi connectivity index (χ0) is 17.9. The highest BCUT2D eigenvalue weighted by atomic mass is 16.6. The van der Waals surface area contributed by atoms with Crippen molar-refractivity contribution in [1.82, 2.24) is 24.5 Å². The molecule has 1 saturated heterocycles. The number of aliphatic hydroxyl groups is 3. The molecule has 0 unspecified atom stereocenters. The maximum atomic E-state index is 12.4. The van der Waals surface area contributed by atoms with Crippen molar-refractivity contribution in [2.24, 2.45) is 0 Å². The van der Waals surface area contributed by atoms with Gasteiger partial charge in [-0.3, -0.25) is 14.3 Å². The number of nitrogens with one attached hydrogen (secondary N) is 1. The Kier molecular flexibility index (Phi) is 3.36. The smallest absolute Gasteiger partial charge is 0.262 e. The van der Waals surface area contributed by atoms with Crippen molar-refractivity contribution in [1.29, 1.82) is 0 Å². The number of fused-ring (bicyclic) bond motifs is 3. The van der Waals surface area contributed by atoms with Gasteiger partial charge in [0.1, 0.15) is 36.1 Å². The third-order valence-corrected chi connectivity index (χ3v) is 4.25. The molecule has 25 heavy (non-hydrogen) atoms. The Balaban J connectivity index is 2.09. The van der Waals surface area contributed by atoms with E-state index in [2.05, 4.69) is 19.9 Å². The Bertz CT molecular complexity index is 1030. The van der Waals surface area contributed by atoms with Gasteiger partial charge in [-0.05, 0) is 0 Å². The van der Waals surface area contributed by atoms with Crippen LogP contribution in [0.2, 0.25) is 0 Å². The fraction of sp³-hybridized carbons (Fsp3) is 0.385. The minimum atomic E-state index is -1.39. The number of nitrogens with zero attached hydrogens (tertiary/aromatic N) is 4. The molecule has 0 saturated carbocycles. The highest BCUT2D eigenvalue weighted by Gasteiger charge is 2.45. The minimum absolute atomic E-state index is 0.0394. The highest BCUT2D eigenvalue weighted by Crippen LogP contribution is 2.36. The van der Waals surface area contributed by atoms with Gasteiger partial charge < -0.3 is 31.5 Å². The Morgan fingerprint density at radius 3 is 2.64 bits per heavy atom. The van der Waals surface area contributed by atoms with Crippen molar-refractivity contribution in [3.05, 3.63) is 16.7 Å². The first-order valence-electron chi connectivity index (χ1n) is 7.36. The van der Waals surface area contributed by atoms with E-state index in [1.54, 1.807) is 0 Å². The monoisotopic (exact) mass is 349 g/mol. The summed E-state index contributed by atoms with van der Waals surface area (Å²) in [6.07, 6.45) is -3.71. The number of hydrogen-bond donors (Lipinski definition) is 6. The van der Waals surface area contributed by atoms with Crippen LogP contribution in [0.1, 0.15) is 6.23 Å². The first-order valence-corrected chi connectivity index (χ1v) is 7.36. The summed E-state index contributed by atoms with van der Waals surface area (Å²) in [5.41, 5.74) is 11.2. The molecule has 8 N–H and O–H groups in total. The zero-order valence-corrected chi connectivity index (χ0v) is 12.7. The number of aliphatic hydroxyl groups excluding tert-OH is 3. The normalized spacial score (nSPS) is 26.7. The molecule has 12 nitrogen and oxygen atoms in total. The summed E-state index contributed by atoms with van der Waals surface area (Å²) in [7, 11) is 0. The van der Waals surface area contributed by atoms with Gasteiger partial charge in [-0.2, -0.15) is 4.98 Å². The third-order valence-electron chi connectivity index (χ3n) is 4.25. The largest absolute Gasteiger partial charge is 0.394 e. The third kappa shape index (κ3) is 2.09. The highest BCUT2D eigenvalue weighted by molar-refractivity contribution is 6.09. The lowest BCUT2D eigenvalue weighted by Gasteiger charge is -2.18. The van der Waals surface area contributed by atoms with Crippen LogP contribution in [0.15, 0.2) is 11.1 Å². The number of aromatic nitrogens is 5. The first-order chi connectivity index (χ1) is 11.9. The molecule has 3 aromatic rings. The molecule has 0 bridgehead atoms. The SMILES string of the molecule is Nc1nc2c(c(=O)[nH]1)c1c(N)ncnc1n2[C@@H]1O[C@@H](CO)[C@@H](O)[C@H]1O. The van der Waals surface area contributed by atoms with Crippen molar-refractivity contribution in [2.75, 3.05) is 18.1 Å². The average molecular weight is 349 g/mol. The van der Waals surface area contributed by atoms with E-state index in [1.807, 2.05) is 0 Å². The summed E-state index contributed by atoms with van der Waals surface area (Å²) in [5, 5.41) is 29.9. The fourth-order valence-corrected chi connectivity index (χ4v) is 3.12. The van der Waals surface area contributed by atoms with Gasteiger partial charge in [-0.25, -0.2) is 9.97 Å². The number of nitrogen functional groups attached to an aromatic ring is 2. The second kappa shape index (κ2) is 5.35. The maximum absolute atomic E-state index is 12.4. The average Bonchev–Trinajstić information content (AvgIpc) is 3.04. The van der Waals surface area contributed by atoms with Gasteiger partial charge in [0.15, 0.2) is 11.9 Å². The number of ether oxygens (including phenoxy) is 1. The molecule has 4 heterocycles. The lowest BCUT2D eigenvalue weighted by atomic mass is 10.1. The van der Waals surface area contributed by atoms with Crippen LogP contribution in [-0.2, 0) is 4.74 Å². The minimum Gasteiger partial charge on any atom is -0.394 e. The second-order valence-electron chi connectivity index (χ2n) is 5.71. The molecule has 0 spiro atoms. The van der Waals surface area contributed by atoms with Crippen LogP contribution in [0.25, 0.3) is 22.1 Å². The number of nitrogens with two attached hydrogens (primary N) is 2. The van der Waals surface area contributed by atoms with Crippen molar-refractivity contribution >= 4 is 33.8 Å². The molecule has 12 heteroatoms. The van der Waals surface area contributed by atoms with E-state index >= 15 is 0 Å². The number of rotatable bonds is 2. The van der Waals surface area contributed by atoms with Gasteiger partial charge >= 0.3 is 0 Å². The molecule has 1 fully saturated rings. The van der Waals surface area contributed by atoms with Crippen LogP contribution >= 0.6 is 0 Å². The van der Waals surface area contributed by atoms with Crippen molar-refractivity contribution in [3.8, 4) is 0 Å². The van der Waals surface area contributed by atoms with E-state index in [1.165, 1.54) is 10.9 Å². The lowest BCUT2D eigenvalue weighted by Crippen LogP contribution is -2.33. The van der Waals surface area contributed by atoms with Crippen molar-refractivity contribution < 1.29 is 20.1 Å². The first kappa shape index (κ1) is 15.7. The predicted molar refractivity (Wildman–Crippen MR) is 85.3 cm³/mol. The summed E-state index contributed by atoms with van der Waals surface area (Å²) in [5.74, 6) is -0.114. The van der Waals surface area contributed by atoms with E-state index in [4.69, 9.17) is 16.2 Å².